The molecule has 0 saturated heterocycles. The summed E-state index contributed by atoms with van der Waals surface area (Å²) in [4.78, 5) is 11.0. The van der Waals surface area contributed by atoms with Crippen LogP contribution >= 0.6 is 0 Å². The Kier molecular flexibility index (Phi) is 7.73. The fourth-order valence-corrected chi connectivity index (χ4v) is 2.01. The van der Waals surface area contributed by atoms with Gasteiger partial charge in [0.1, 0.15) is 5.75 Å². The highest BCUT2D eigenvalue weighted by molar-refractivity contribution is 5.70. The fourth-order valence-electron chi connectivity index (χ4n) is 2.01. The van der Waals surface area contributed by atoms with Crippen LogP contribution in [0.1, 0.15) is 38.2 Å². The number of carbonyl (C=O) groups is 1. The molecule has 4 heteroatoms. The molecule has 1 atom stereocenters. The average molecular weight is 280 g/mol. The van der Waals surface area contributed by atoms with E-state index >= 15 is 0 Å². The predicted octanol–water partition coefficient (Wildman–Crippen LogP) is 2.72. The summed E-state index contributed by atoms with van der Waals surface area (Å²) in [5, 5.41) is 9.68. The van der Waals surface area contributed by atoms with Gasteiger partial charge in [0, 0.05) is 0 Å². The van der Waals surface area contributed by atoms with Crippen LogP contribution in [0.5, 0.6) is 5.75 Å². The van der Waals surface area contributed by atoms with Crippen LogP contribution in [0.4, 0.5) is 0 Å². The third-order valence-corrected chi connectivity index (χ3v) is 3.11. The molecule has 4 nitrogen and oxygen atoms in total. The van der Waals surface area contributed by atoms with Gasteiger partial charge in [-0.2, -0.15) is 0 Å². The SMILES string of the molecule is CCCC(O)CCCc1cccc(OCC(=O)OC)c1. The number of benzene rings is 1. The molecule has 20 heavy (non-hydrogen) atoms. The average Bonchev–Trinajstić information content (AvgIpc) is 2.45. The van der Waals surface area contributed by atoms with Crippen LogP contribution in [-0.4, -0.2) is 30.9 Å². The van der Waals surface area contributed by atoms with Crippen molar-refractivity contribution in [1.82, 2.24) is 0 Å². The quantitative estimate of drug-likeness (QED) is 0.707. The van der Waals surface area contributed by atoms with Crippen LogP contribution in [0.2, 0.25) is 0 Å². The van der Waals surface area contributed by atoms with Gasteiger partial charge in [-0.25, -0.2) is 4.79 Å². The van der Waals surface area contributed by atoms with E-state index in [9.17, 15) is 9.90 Å². The Morgan fingerprint density at radius 2 is 2.15 bits per heavy atom. The van der Waals surface area contributed by atoms with Gasteiger partial charge in [-0.3, -0.25) is 0 Å². The first-order chi connectivity index (χ1) is 9.65. The Morgan fingerprint density at radius 1 is 1.35 bits per heavy atom. The minimum absolute atomic E-state index is 0.0742. The van der Waals surface area contributed by atoms with Crippen LogP contribution in [-0.2, 0) is 16.0 Å². The van der Waals surface area contributed by atoms with Crippen molar-refractivity contribution in [2.75, 3.05) is 13.7 Å². The summed E-state index contributed by atoms with van der Waals surface area (Å²) >= 11 is 0. The first-order valence-corrected chi connectivity index (χ1v) is 7.12. The van der Waals surface area contributed by atoms with Crippen molar-refractivity contribution in [3.05, 3.63) is 29.8 Å². The number of ether oxygens (including phenoxy) is 2. The number of rotatable bonds is 9. The zero-order valence-corrected chi connectivity index (χ0v) is 12.3. The zero-order valence-electron chi connectivity index (χ0n) is 12.3. The molecule has 0 aliphatic heterocycles. The molecule has 112 valence electrons. The molecule has 0 aromatic heterocycles. The van der Waals surface area contributed by atoms with Crippen LogP contribution < -0.4 is 4.74 Å². The molecular weight excluding hydrogens is 256 g/mol. The second-order valence-electron chi connectivity index (χ2n) is 4.85. The molecule has 0 amide bonds. The van der Waals surface area contributed by atoms with Gasteiger partial charge < -0.3 is 14.6 Å². The van der Waals surface area contributed by atoms with E-state index < -0.39 is 5.97 Å². The number of carbonyl (C=O) groups excluding carboxylic acids is 1. The minimum Gasteiger partial charge on any atom is -0.482 e. The number of aliphatic hydroxyl groups is 1. The lowest BCUT2D eigenvalue weighted by atomic mass is 10.0. The van der Waals surface area contributed by atoms with Gasteiger partial charge in [0.2, 0.25) is 0 Å². The summed E-state index contributed by atoms with van der Waals surface area (Å²) in [5.74, 6) is 0.278. The fraction of sp³-hybridized carbons (Fsp3) is 0.562. The molecule has 0 saturated carbocycles. The number of hydrogen-bond acceptors (Lipinski definition) is 4. The molecule has 1 unspecified atom stereocenters. The molecule has 0 fully saturated rings. The van der Waals surface area contributed by atoms with Crippen molar-refractivity contribution in [2.45, 2.75) is 45.1 Å². The Balaban J connectivity index is 2.37. The van der Waals surface area contributed by atoms with Gasteiger partial charge in [-0.1, -0.05) is 25.5 Å². The highest BCUT2D eigenvalue weighted by atomic mass is 16.6. The molecule has 0 heterocycles. The molecule has 1 N–H and O–H groups in total. The van der Waals surface area contributed by atoms with Gasteiger partial charge in [-0.15, -0.1) is 0 Å². The zero-order chi connectivity index (χ0) is 14.8. The topological polar surface area (TPSA) is 55.8 Å². The summed E-state index contributed by atoms with van der Waals surface area (Å²) < 4.78 is 9.87. The first kappa shape index (κ1) is 16.5. The Labute approximate surface area is 120 Å². The van der Waals surface area contributed by atoms with Crippen LogP contribution in [0.15, 0.2) is 24.3 Å². The summed E-state index contributed by atoms with van der Waals surface area (Å²) in [6.07, 6.45) is 4.35. The van der Waals surface area contributed by atoms with E-state index in [-0.39, 0.29) is 12.7 Å². The van der Waals surface area contributed by atoms with Crippen molar-refractivity contribution in [3.8, 4) is 5.75 Å². The normalized spacial score (nSPS) is 11.9. The lowest BCUT2D eigenvalue weighted by Crippen LogP contribution is -2.12. The van der Waals surface area contributed by atoms with Crippen LogP contribution in [0.25, 0.3) is 0 Å². The number of methoxy groups -OCH3 is 1. The van der Waals surface area contributed by atoms with Gasteiger partial charge in [0.25, 0.3) is 0 Å². The van der Waals surface area contributed by atoms with Crippen molar-refractivity contribution in [2.24, 2.45) is 0 Å². The summed E-state index contributed by atoms with van der Waals surface area (Å²) in [6.45, 7) is 2.00. The van der Waals surface area contributed by atoms with Crippen molar-refractivity contribution < 1.29 is 19.4 Å². The highest BCUT2D eigenvalue weighted by Crippen LogP contribution is 2.16. The number of aryl methyl sites for hydroxylation is 1. The Bertz CT molecular complexity index is 403. The van der Waals surface area contributed by atoms with E-state index in [2.05, 4.69) is 11.7 Å². The van der Waals surface area contributed by atoms with E-state index in [1.165, 1.54) is 7.11 Å². The lowest BCUT2D eigenvalue weighted by molar-refractivity contribution is -0.142. The molecule has 1 rings (SSSR count). The predicted molar refractivity (Wildman–Crippen MR) is 77.8 cm³/mol. The second kappa shape index (κ2) is 9.37. The molecule has 0 aliphatic carbocycles. The van der Waals surface area contributed by atoms with Crippen LogP contribution in [0.3, 0.4) is 0 Å². The summed E-state index contributed by atoms with van der Waals surface area (Å²) in [5.41, 5.74) is 1.15. The largest absolute Gasteiger partial charge is 0.482 e. The number of aliphatic hydroxyl groups excluding tert-OH is 1. The Hall–Kier alpha value is -1.55. The standard InChI is InChI=1S/C16H24O4/c1-3-6-14(17)9-4-7-13-8-5-10-15(11-13)20-12-16(18)19-2/h5,8,10-11,14,17H,3-4,6-7,9,12H2,1-2H3. The molecular formula is C16H24O4. The lowest BCUT2D eigenvalue weighted by Gasteiger charge is -2.10. The molecule has 0 radical (unpaired) electrons. The number of hydrogen-bond donors (Lipinski definition) is 1. The van der Waals surface area contributed by atoms with Gasteiger partial charge in [0.15, 0.2) is 6.61 Å². The van der Waals surface area contributed by atoms with E-state index in [1.807, 2.05) is 24.3 Å². The highest BCUT2D eigenvalue weighted by Gasteiger charge is 2.05. The monoisotopic (exact) mass is 280 g/mol. The minimum atomic E-state index is -0.391. The third kappa shape index (κ3) is 6.57. The van der Waals surface area contributed by atoms with Gasteiger partial charge >= 0.3 is 5.97 Å². The molecule has 1 aromatic carbocycles. The molecule has 0 spiro atoms. The third-order valence-electron chi connectivity index (χ3n) is 3.11. The van der Waals surface area contributed by atoms with E-state index in [1.54, 1.807) is 0 Å². The number of esters is 1. The maximum absolute atomic E-state index is 11.0. The maximum Gasteiger partial charge on any atom is 0.343 e. The van der Waals surface area contributed by atoms with Crippen molar-refractivity contribution >= 4 is 5.97 Å². The van der Waals surface area contributed by atoms with Gasteiger partial charge in [-0.05, 0) is 43.4 Å². The molecule has 0 aliphatic rings. The maximum atomic E-state index is 11.0. The van der Waals surface area contributed by atoms with Crippen molar-refractivity contribution in [3.63, 3.8) is 0 Å². The summed E-state index contributed by atoms with van der Waals surface area (Å²) in [6, 6.07) is 7.68. The van der Waals surface area contributed by atoms with E-state index in [0.29, 0.717) is 5.75 Å². The van der Waals surface area contributed by atoms with E-state index in [4.69, 9.17) is 4.74 Å². The second-order valence-corrected chi connectivity index (χ2v) is 4.85. The molecule has 0 bridgehead atoms. The van der Waals surface area contributed by atoms with Crippen LogP contribution in [0, 0.1) is 0 Å². The van der Waals surface area contributed by atoms with Crippen molar-refractivity contribution in [1.29, 1.82) is 0 Å². The Morgan fingerprint density at radius 3 is 2.85 bits per heavy atom. The first-order valence-electron chi connectivity index (χ1n) is 7.12. The van der Waals surface area contributed by atoms with E-state index in [0.717, 1.165) is 37.7 Å². The summed E-state index contributed by atoms with van der Waals surface area (Å²) in [7, 11) is 1.34. The molecule has 1 aromatic rings. The van der Waals surface area contributed by atoms with Gasteiger partial charge in [0.05, 0.1) is 13.2 Å². The smallest absolute Gasteiger partial charge is 0.343 e.